The molecule has 5 heteroatoms. The second-order valence-corrected chi connectivity index (χ2v) is 2.96. The van der Waals surface area contributed by atoms with Gasteiger partial charge >= 0.3 is 0 Å². The SMILES string of the molecule is Nc1cnn(C2CCCOC2)n1. The van der Waals surface area contributed by atoms with Crippen LogP contribution in [0.4, 0.5) is 5.82 Å². The highest BCUT2D eigenvalue weighted by atomic mass is 16.5. The first-order valence-electron chi connectivity index (χ1n) is 4.11. The van der Waals surface area contributed by atoms with Crippen molar-refractivity contribution in [2.45, 2.75) is 18.9 Å². The van der Waals surface area contributed by atoms with E-state index in [0.29, 0.717) is 12.4 Å². The van der Waals surface area contributed by atoms with Gasteiger partial charge in [0.15, 0.2) is 5.82 Å². The van der Waals surface area contributed by atoms with Crippen LogP contribution in [0.3, 0.4) is 0 Å². The summed E-state index contributed by atoms with van der Waals surface area (Å²) in [6.07, 6.45) is 3.72. The molecule has 12 heavy (non-hydrogen) atoms. The Morgan fingerprint density at radius 1 is 1.67 bits per heavy atom. The molecule has 0 aromatic carbocycles. The monoisotopic (exact) mass is 168 g/mol. The third kappa shape index (κ3) is 1.40. The summed E-state index contributed by atoms with van der Waals surface area (Å²) >= 11 is 0. The van der Waals surface area contributed by atoms with Crippen molar-refractivity contribution in [3.05, 3.63) is 6.20 Å². The number of aromatic nitrogens is 3. The number of nitrogens with zero attached hydrogens (tertiary/aromatic N) is 3. The summed E-state index contributed by atoms with van der Waals surface area (Å²) in [4.78, 5) is 1.65. The molecule has 5 nitrogen and oxygen atoms in total. The summed E-state index contributed by atoms with van der Waals surface area (Å²) in [5.41, 5.74) is 5.45. The van der Waals surface area contributed by atoms with Crippen molar-refractivity contribution in [1.82, 2.24) is 15.0 Å². The number of nitrogen functional groups attached to an aromatic ring is 1. The molecule has 1 fully saturated rings. The van der Waals surface area contributed by atoms with Crippen molar-refractivity contribution < 1.29 is 4.74 Å². The first-order valence-corrected chi connectivity index (χ1v) is 4.11. The van der Waals surface area contributed by atoms with E-state index < -0.39 is 0 Å². The van der Waals surface area contributed by atoms with Crippen molar-refractivity contribution in [3.8, 4) is 0 Å². The lowest BCUT2D eigenvalue weighted by molar-refractivity contribution is 0.0499. The van der Waals surface area contributed by atoms with Crippen molar-refractivity contribution in [3.63, 3.8) is 0 Å². The van der Waals surface area contributed by atoms with Crippen LogP contribution in [0.15, 0.2) is 6.20 Å². The van der Waals surface area contributed by atoms with E-state index >= 15 is 0 Å². The van der Waals surface area contributed by atoms with Crippen molar-refractivity contribution in [1.29, 1.82) is 0 Å². The van der Waals surface area contributed by atoms with Gasteiger partial charge in [-0.1, -0.05) is 0 Å². The van der Waals surface area contributed by atoms with Gasteiger partial charge < -0.3 is 10.5 Å². The maximum absolute atomic E-state index is 5.45. The zero-order chi connectivity index (χ0) is 8.39. The largest absolute Gasteiger partial charge is 0.381 e. The molecule has 1 aromatic rings. The van der Waals surface area contributed by atoms with E-state index in [1.54, 1.807) is 11.0 Å². The minimum Gasteiger partial charge on any atom is -0.381 e. The first-order chi connectivity index (χ1) is 5.86. The molecule has 66 valence electrons. The normalized spacial score (nSPS) is 24.2. The highest BCUT2D eigenvalue weighted by Gasteiger charge is 2.17. The van der Waals surface area contributed by atoms with Crippen LogP contribution in [0.25, 0.3) is 0 Å². The third-order valence-electron chi connectivity index (χ3n) is 1.99. The Labute approximate surface area is 70.5 Å². The fraction of sp³-hybridized carbons (Fsp3) is 0.714. The van der Waals surface area contributed by atoms with Crippen LogP contribution in [0, 0.1) is 0 Å². The summed E-state index contributed by atoms with van der Waals surface area (Å²) < 4.78 is 5.30. The Morgan fingerprint density at radius 3 is 3.17 bits per heavy atom. The number of nitrogens with two attached hydrogens (primary N) is 1. The highest BCUT2D eigenvalue weighted by Crippen LogP contribution is 2.17. The van der Waals surface area contributed by atoms with Gasteiger partial charge in [0.1, 0.15) is 0 Å². The van der Waals surface area contributed by atoms with Crippen LogP contribution in [-0.2, 0) is 4.74 Å². The molecule has 0 bridgehead atoms. The summed E-state index contributed by atoms with van der Waals surface area (Å²) in [5, 5.41) is 8.08. The summed E-state index contributed by atoms with van der Waals surface area (Å²) in [5.74, 6) is 0.473. The predicted molar refractivity (Wildman–Crippen MR) is 43.5 cm³/mol. The average Bonchev–Trinajstić information content (AvgIpc) is 2.54. The Morgan fingerprint density at radius 2 is 2.58 bits per heavy atom. The highest BCUT2D eigenvalue weighted by molar-refractivity contribution is 5.19. The van der Waals surface area contributed by atoms with Crippen LogP contribution in [0.5, 0.6) is 0 Å². The maximum atomic E-state index is 5.45. The van der Waals surface area contributed by atoms with Gasteiger partial charge in [0.05, 0.1) is 18.8 Å². The lowest BCUT2D eigenvalue weighted by atomic mass is 10.1. The van der Waals surface area contributed by atoms with Gasteiger partial charge in [-0.25, -0.2) is 0 Å². The molecular formula is C7H12N4O. The zero-order valence-corrected chi connectivity index (χ0v) is 6.81. The molecule has 0 aliphatic carbocycles. The second kappa shape index (κ2) is 3.10. The molecule has 2 heterocycles. The predicted octanol–water partition coefficient (Wildman–Crippen LogP) is 0.212. The molecule has 1 unspecified atom stereocenters. The van der Waals surface area contributed by atoms with Crippen LogP contribution >= 0.6 is 0 Å². The number of rotatable bonds is 1. The van der Waals surface area contributed by atoms with Crippen LogP contribution in [0.2, 0.25) is 0 Å². The van der Waals surface area contributed by atoms with E-state index in [2.05, 4.69) is 10.2 Å². The Balaban J connectivity index is 2.08. The smallest absolute Gasteiger partial charge is 0.165 e. The van der Waals surface area contributed by atoms with Crippen molar-refractivity contribution in [2.24, 2.45) is 0 Å². The fourth-order valence-electron chi connectivity index (χ4n) is 1.37. The topological polar surface area (TPSA) is 66.0 Å². The van der Waals surface area contributed by atoms with Gasteiger partial charge in [-0.3, -0.25) is 0 Å². The van der Waals surface area contributed by atoms with E-state index in [0.717, 1.165) is 19.4 Å². The Kier molecular flexibility index (Phi) is 1.95. The fourth-order valence-corrected chi connectivity index (χ4v) is 1.37. The van der Waals surface area contributed by atoms with Gasteiger partial charge in [-0.05, 0) is 12.8 Å². The van der Waals surface area contributed by atoms with E-state index in [-0.39, 0.29) is 6.04 Å². The maximum Gasteiger partial charge on any atom is 0.165 e. The summed E-state index contributed by atoms with van der Waals surface area (Å²) in [6, 6.07) is 0.274. The van der Waals surface area contributed by atoms with Gasteiger partial charge in [0.2, 0.25) is 0 Å². The molecule has 1 aliphatic rings. The third-order valence-corrected chi connectivity index (χ3v) is 1.99. The summed E-state index contributed by atoms with van der Waals surface area (Å²) in [6.45, 7) is 1.56. The molecule has 0 spiro atoms. The number of hydrogen-bond donors (Lipinski definition) is 1. The van der Waals surface area contributed by atoms with E-state index in [1.165, 1.54) is 0 Å². The molecule has 2 rings (SSSR count). The van der Waals surface area contributed by atoms with Crippen LogP contribution in [0.1, 0.15) is 18.9 Å². The minimum atomic E-state index is 0.274. The van der Waals surface area contributed by atoms with Gasteiger partial charge in [-0.15, -0.1) is 5.10 Å². The molecule has 1 aromatic heterocycles. The van der Waals surface area contributed by atoms with E-state index in [1.807, 2.05) is 0 Å². The van der Waals surface area contributed by atoms with Crippen molar-refractivity contribution in [2.75, 3.05) is 18.9 Å². The summed E-state index contributed by atoms with van der Waals surface area (Å²) in [7, 11) is 0. The van der Waals surface area contributed by atoms with Gasteiger partial charge in [0, 0.05) is 6.61 Å². The van der Waals surface area contributed by atoms with Gasteiger partial charge in [0.25, 0.3) is 0 Å². The Hall–Kier alpha value is -1.10. The first kappa shape index (κ1) is 7.54. The lowest BCUT2D eigenvalue weighted by Crippen LogP contribution is -2.23. The number of ether oxygens (including phenoxy) is 1. The molecule has 0 saturated carbocycles. The minimum absolute atomic E-state index is 0.274. The zero-order valence-electron chi connectivity index (χ0n) is 6.81. The van der Waals surface area contributed by atoms with Crippen LogP contribution in [-0.4, -0.2) is 28.2 Å². The Bertz CT molecular complexity index is 254. The molecule has 1 saturated heterocycles. The molecule has 1 aliphatic heterocycles. The quantitative estimate of drug-likeness (QED) is 0.651. The number of hydrogen-bond acceptors (Lipinski definition) is 4. The number of anilines is 1. The average molecular weight is 168 g/mol. The lowest BCUT2D eigenvalue weighted by Gasteiger charge is -2.20. The van der Waals surface area contributed by atoms with Gasteiger partial charge in [-0.2, -0.15) is 9.90 Å². The molecule has 0 amide bonds. The standard InChI is InChI=1S/C7H12N4O/c8-7-4-9-11(10-7)6-2-1-3-12-5-6/h4,6H,1-3,5H2,(H2,8,10). The van der Waals surface area contributed by atoms with E-state index in [4.69, 9.17) is 10.5 Å². The second-order valence-electron chi connectivity index (χ2n) is 2.96. The molecule has 0 radical (unpaired) electrons. The van der Waals surface area contributed by atoms with Crippen molar-refractivity contribution >= 4 is 5.82 Å². The molecule has 2 N–H and O–H groups in total. The van der Waals surface area contributed by atoms with Crippen LogP contribution < -0.4 is 5.73 Å². The molecule has 1 atom stereocenters. The molecular weight excluding hydrogens is 156 g/mol. The van der Waals surface area contributed by atoms with E-state index in [9.17, 15) is 0 Å².